The Morgan fingerprint density at radius 1 is 0.765 bits per heavy atom. The van der Waals surface area contributed by atoms with Gasteiger partial charge in [-0.25, -0.2) is 0 Å². The number of carbonyl (C=O) groups is 3. The first kappa shape index (κ1) is 30.3. The van der Waals surface area contributed by atoms with Crippen LogP contribution in [0.1, 0.15) is 119 Å². The maximum atomic E-state index is 12.6. The summed E-state index contributed by atoms with van der Waals surface area (Å²) in [7, 11) is 0. The molecule has 4 atom stereocenters. The van der Waals surface area contributed by atoms with Gasteiger partial charge < -0.3 is 10.2 Å². The quantitative estimate of drug-likeness (QED) is 0.238. The highest BCUT2D eigenvalue weighted by Crippen LogP contribution is 2.31. The number of hydrogen-bond acceptors (Lipinski definition) is 4. The summed E-state index contributed by atoms with van der Waals surface area (Å²) in [5.41, 5.74) is 1.32. The van der Waals surface area contributed by atoms with E-state index in [1.165, 1.54) is 19.3 Å². The lowest BCUT2D eigenvalue weighted by molar-refractivity contribution is -0.141. The zero-order chi connectivity index (χ0) is 26.1. The average molecular weight is 477 g/mol. The molecular formula is C29H48O5. The van der Waals surface area contributed by atoms with E-state index < -0.39 is 11.6 Å². The van der Waals surface area contributed by atoms with Crippen molar-refractivity contribution < 1.29 is 24.6 Å². The fraction of sp³-hybridized carbons (Fsp3) is 0.759. The molecule has 0 spiro atoms. The van der Waals surface area contributed by atoms with Crippen LogP contribution in [0.25, 0.3) is 0 Å². The van der Waals surface area contributed by atoms with Crippen LogP contribution in [0.3, 0.4) is 0 Å². The number of allylic oxidation sites excluding steroid dienone is 4. The van der Waals surface area contributed by atoms with Gasteiger partial charge in [-0.2, -0.15) is 0 Å². The van der Waals surface area contributed by atoms with Crippen LogP contribution in [0.2, 0.25) is 0 Å². The summed E-state index contributed by atoms with van der Waals surface area (Å²) in [5.74, 6) is 0.180. The lowest BCUT2D eigenvalue weighted by Gasteiger charge is -2.26. The molecule has 0 saturated carbocycles. The van der Waals surface area contributed by atoms with Crippen LogP contribution in [0, 0.1) is 17.8 Å². The number of carboxylic acids is 1. The van der Waals surface area contributed by atoms with Crippen LogP contribution >= 0.6 is 0 Å². The molecule has 34 heavy (non-hydrogen) atoms. The Morgan fingerprint density at radius 3 is 1.76 bits per heavy atom. The smallest absolute Gasteiger partial charge is 0.306 e. The summed E-state index contributed by atoms with van der Waals surface area (Å²) in [6.07, 6.45) is 9.99. The van der Waals surface area contributed by atoms with Crippen LogP contribution in [-0.4, -0.2) is 33.3 Å². The van der Waals surface area contributed by atoms with Crippen LogP contribution in [-0.2, 0) is 14.4 Å². The lowest BCUT2D eigenvalue weighted by atomic mass is 9.81. The highest BCUT2D eigenvalue weighted by molar-refractivity contribution is 6.24. The fourth-order valence-electron chi connectivity index (χ4n) is 4.81. The van der Waals surface area contributed by atoms with E-state index in [1.54, 1.807) is 27.7 Å². The number of carboxylic acid groups (broad SMARTS) is 1. The Hall–Kier alpha value is -1.75. The second-order valence-corrected chi connectivity index (χ2v) is 11.2. The van der Waals surface area contributed by atoms with Gasteiger partial charge in [-0.1, -0.05) is 65.7 Å². The molecule has 0 aromatic rings. The molecule has 0 aromatic heterocycles. The topological polar surface area (TPSA) is 91.7 Å². The van der Waals surface area contributed by atoms with Gasteiger partial charge >= 0.3 is 5.97 Å². The molecule has 0 aliphatic heterocycles. The van der Waals surface area contributed by atoms with E-state index in [2.05, 4.69) is 13.8 Å². The number of aliphatic hydroxyl groups is 1. The highest BCUT2D eigenvalue weighted by atomic mass is 16.4. The number of Topliss-reactive ketones (excluding diaryl/α,β-unsaturated/α-hetero) is 2. The monoisotopic (exact) mass is 476 g/mol. The fourth-order valence-corrected chi connectivity index (χ4v) is 4.81. The zero-order valence-electron chi connectivity index (χ0n) is 22.6. The second-order valence-electron chi connectivity index (χ2n) is 11.2. The zero-order valence-corrected chi connectivity index (χ0v) is 22.6. The Morgan fingerprint density at radius 2 is 1.24 bits per heavy atom. The molecule has 194 valence electrons. The Bertz CT molecular complexity index is 786. The molecule has 5 heteroatoms. The summed E-state index contributed by atoms with van der Waals surface area (Å²) in [5, 5.41) is 19.8. The molecular weight excluding hydrogens is 428 g/mol. The molecule has 0 bridgehead atoms. The average Bonchev–Trinajstić information content (AvgIpc) is 2.76. The van der Waals surface area contributed by atoms with Crippen molar-refractivity contribution in [2.24, 2.45) is 17.8 Å². The third-order valence-electron chi connectivity index (χ3n) is 7.79. The third kappa shape index (κ3) is 9.85. The van der Waals surface area contributed by atoms with Gasteiger partial charge in [0, 0.05) is 22.3 Å². The van der Waals surface area contributed by atoms with Gasteiger partial charge in [0.1, 0.15) is 0 Å². The van der Waals surface area contributed by atoms with E-state index in [9.17, 15) is 19.5 Å². The minimum atomic E-state index is -0.845. The maximum Gasteiger partial charge on any atom is 0.306 e. The van der Waals surface area contributed by atoms with Gasteiger partial charge in [-0.05, 0) is 65.2 Å². The first-order valence-electron chi connectivity index (χ1n) is 13.2. The molecule has 1 aliphatic carbocycles. The normalized spacial score (nSPS) is 19.3. The standard InChI is InChI=1S/C29H48O5/c1-19(13-9-15-21(3)28(32)33)11-8-12-20(2)14-10-17-29(7,34)18-16-25-24(6)26(30)22(4)23(5)27(25)31/h19-21,34H,8-18H2,1-7H3,(H,32,33)/t19-,20+,21?,29+/m0/s1. The predicted octanol–water partition coefficient (Wildman–Crippen LogP) is 6.83. The van der Waals surface area contributed by atoms with Gasteiger partial charge in [-0.15, -0.1) is 0 Å². The van der Waals surface area contributed by atoms with Crippen molar-refractivity contribution in [2.45, 2.75) is 125 Å². The molecule has 0 amide bonds. The minimum Gasteiger partial charge on any atom is -0.481 e. The van der Waals surface area contributed by atoms with Crippen molar-refractivity contribution in [3.63, 3.8) is 0 Å². The van der Waals surface area contributed by atoms with Gasteiger partial charge in [0.2, 0.25) is 0 Å². The molecule has 0 heterocycles. The largest absolute Gasteiger partial charge is 0.481 e. The van der Waals surface area contributed by atoms with Crippen molar-refractivity contribution >= 4 is 17.5 Å². The predicted molar refractivity (Wildman–Crippen MR) is 138 cm³/mol. The van der Waals surface area contributed by atoms with E-state index >= 15 is 0 Å². The summed E-state index contributed by atoms with van der Waals surface area (Å²) < 4.78 is 0. The van der Waals surface area contributed by atoms with Crippen LogP contribution in [0.5, 0.6) is 0 Å². The molecule has 0 fully saturated rings. The summed E-state index contributed by atoms with van der Waals surface area (Å²) in [4.78, 5) is 35.8. The highest BCUT2D eigenvalue weighted by Gasteiger charge is 2.29. The molecule has 5 nitrogen and oxygen atoms in total. The summed E-state index contributed by atoms with van der Waals surface area (Å²) in [6, 6.07) is 0. The van der Waals surface area contributed by atoms with E-state index in [4.69, 9.17) is 5.11 Å². The van der Waals surface area contributed by atoms with Gasteiger partial charge in [0.05, 0.1) is 11.5 Å². The third-order valence-corrected chi connectivity index (χ3v) is 7.79. The summed E-state index contributed by atoms with van der Waals surface area (Å²) >= 11 is 0. The van der Waals surface area contributed by atoms with Crippen molar-refractivity contribution in [1.29, 1.82) is 0 Å². The van der Waals surface area contributed by atoms with Crippen molar-refractivity contribution in [1.82, 2.24) is 0 Å². The van der Waals surface area contributed by atoms with Crippen molar-refractivity contribution in [3.05, 3.63) is 22.3 Å². The Balaban J connectivity index is 2.30. The number of hydrogen-bond donors (Lipinski definition) is 2. The molecule has 0 saturated heterocycles. The second kappa shape index (κ2) is 14.0. The molecule has 0 aromatic carbocycles. The number of carbonyl (C=O) groups excluding carboxylic acids is 2. The van der Waals surface area contributed by atoms with E-state index in [0.717, 1.165) is 32.1 Å². The molecule has 1 unspecified atom stereocenters. The first-order chi connectivity index (χ1) is 15.8. The van der Waals surface area contributed by atoms with Crippen LogP contribution < -0.4 is 0 Å². The van der Waals surface area contributed by atoms with Crippen LogP contribution in [0.4, 0.5) is 0 Å². The van der Waals surface area contributed by atoms with Gasteiger partial charge in [0.15, 0.2) is 11.6 Å². The van der Waals surface area contributed by atoms with Crippen molar-refractivity contribution in [2.75, 3.05) is 0 Å². The molecule has 0 radical (unpaired) electrons. The Labute approximate surface area is 207 Å². The molecule has 1 aliphatic rings. The van der Waals surface area contributed by atoms with Crippen LogP contribution in [0.15, 0.2) is 22.3 Å². The van der Waals surface area contributed by atoms with Crippen molar-refractivity contribution in [3.8, 4) is 0 Å². The maximum absolute atomic E-state index is 12.6. The van der Waals surface area contributed by atoms with E-state index in [1.807, 2.05) is 6.92 Å². The molecule has 1 rings (SSSR count). The number of aliphatic carboxylic acids is 1. The molecule has 2 N–H and O–H groups in total. The number of rotatable bonds is 16. The van der Waals surface area contributed by atoms with E-state index in [0.29, 0.717) is 53.4 Å². The van der Waals surface area contributed by atoms with Gasteiger partial charge in [-0.3, -0.25) is 14.4 Å². The van der Waals surface area contributed by atoms with E-state index in [-0.39, 0.29) is 17.5 Å². The number of ketones is 2. The lowest BCUT2D eigenvalue weighted by Crippen LogP contribution is -2.27. The minimum absolute atomic E-state index is 0.0512. The first-order valence-corrected chi connectivity index (χ1v) is 13.2. The Kier molecular flexibility index (Phi) is 12.4. The summed E-state index contributed by atoms with van der Waals surface area (Å²) in [6.45, 7) is 13.3. The van der Waals surface area contributed by atoms with Gasteiger partial charge in [0.25, 0.3) is 0 Å². The SMILES string of the molecule is CC1=C(C)C(=O)C(CC[C@](C)(O)CCC[C@H](C)CCC[C@H](C)CCCC(C)C(=O)O)=C(C)C1=O.